The number of rotatable bonds is 3. The molecule has 0 radical (unpaired) electrons. The Balaban J connectivity index is 2.42. The van der Waals surface area contributed by atoms with Gasteiger partial charge in [0.05, 0.1) is 13.6 Å². The van der Waals surface area contributed by atoms with Gasteiger partial charge < -0.3 is 0 Å². The highest BCUT2D eigenvalue weighted by Gasteiger charge is 1.96. The fraction of sp³-hybridized carbons (Fsp3) is 0.571. The Bertz CT molecular complexity index is 195. The molecule has 0 aliphatic rings. The van der Waals surface area contributed by atoms with Crippen molar-refractivity contribution in [3.63, 3.8) is 0 Å². The third kappa shape index (κ3) is 2.03. The first-order valence-electron chi connectivity index (χ1n) is 3.40. The zero-order valence-corrected chi connectivity index (χ0v) is 6.88. The van der Waals surface area contributed by atoms with Crippen molar-refractivity contribution < 1.29 is 4.57 Å². The van der Waals surface area contributed by atoms with E-state index in [4.69, 9.17) is 11.6 Å². The maximum atomic E-state index is 5.54. The molecule has 0 amide bonds. The molecule has 1 aromatic heterocycles. The third-order valence-corrected chi connectivity index (χ3v) is 1.64. The number of imidazole rings is 1. The topological polar surface area (TPSA) is 8.81 Å². The molecule has 1 heterocycles. The van der Waals surface area contributed by atoms with Gasteiger partial charge in [0.25, 0.3) is 0 Å². The van der Waals surface area contributed by atoms with Crippen LogP contribution >= 0.6 is 11.6 Å². The molecule has 1 rings (SSSR count). The van der Waals surface area contributed by atoms with E-state index in [0.717, 1.165) is 18.8 Å². The van der Waals surface area contributed by atoms with E-state index in [2.05, 4.69) is 4.57 Å². The highest BCUT2D eigenvalue weighted by atomic mass is 35.5. The lowest BCUT2D eigenvalue weighted by Gasteiger charge is -1.89. The molecule has 0 fully saturated rings. The summed E-state index contributed by atoms with van der Waals surface area (Å²) in [6.45, 7) is 1.02. The molecule has 0 spiro atoms. The van der Waals surface area contributed by atoms with Crippen molar-refractivity contribution in [1.82, 2.24) is 4.57 Å². The average Bonchev–Trinajstić information content (AvgIpc) is 2.31. The van der Waals surface area contributed by atoms with Gasteiger partial charge in [-0.3, -0.25) is 0 Å². The largest absolute Gasteiger partial charge is 0.243 e. The average molecular weight is 160 g/mol. The number of aromatic nitrogens is 2. The minimum absolute atomic E-state index is 0.738. The second-order valence-corrected chi connectivity index (χ2v) is 2.74. The van der Waals surface area contributed by atoms with Crippen molar-refractivity contribution in [3.8, 4) is 0 Å². The molecule has 2 nitrogen and oxygen atoms in total. The van der Waals surface area contributed by atoms with E-state index < -0.39 is 0 Å². The van der Waals surface area contributed by atoms with Crippen molar-refractivity contribution in [2.24, 2.45) is 7.05 Å². The Hall–Kier alpha value is -0.500. The van der Waals surface area contributed by atoms with Gasteiger partial charge in [-0.2, -0.15) is 0 Å². The van der Waals surface area contributed by atoms with Gasteiger partial charge in [0.15, 0.2) is 0 Å². The molecule has 0 saturated carbocycles. The molecule has 3 heteroatoms. The fourth-order valence-corrected chi connectivity index (χ4v) is 0.996. The molecule has 0 aromatic carbocycles. The first-order chi connectivity index (χ1) is 4.83. The Kier molecular flexibility index (Phi) is 2.75. The highest BCUT2D eigenvalue weighted by molar-refractivity contribution is 6.17. The Morgan fingerprint density at radius 1 is 1.60 bits per heavy atom. The quantitative estimate of drug-likeness (QED) is 0.459. The Labute approximate surface area is 66.0 Å². The van der Waals surface area contributed by atoms with Crippen LogP contribution in [0.2, 0.25) is 0 Å². The lowest BCUT2D eigenvalue weighted by molar-refractivity contribution is -0.671. The fourth-order valence-electron chi connectivity index (χ4n) is 0.876. The second-order valence-electron chi connectivity index (χ2n) is 2.36. The molecule has 0 aliphatic heterocycles. The van der Waals surface area contributed by atoms with E-state index in [-0.39, 0.29) is 0 Å². The molecule has 10 heavy (non-hydrogen) atoms. The molecule has 0 bridgehead atoms. The van der Waals surface area contributed by atoms with Gasteiger partial charge in [-0.05, 0) is 6.42 Å². The van der Waals surface area contributed by atoms with Crippen LogP contribution in [-0.2, 0) is 13.6 Å². The van der Waals surface area contributed by atoms with Crippen LogP contribution < -0.4 is 4.57 Å². The molecule has 0 unspecified atom stereocenters. The maximum Gasteiger partial charge on any atom is 0.243 e. The summed E-state index contributed by atoms with van der Waals surface area (Å²) in [7, 11) is 2.01. The first kappa shape index (κ1) is 7.61. The van der Waals surface area contributed by atoms with E-state index in [9.17, 15) is 0 Å². The monoisotopic (exact) mass is 159 g/mol. The van der Waals surface area contributed by atoms with Crippen LogP contribution in [0.3, 0.4) is 0 Å². The summed E-state index contributed by atoms with van der Waals surface area (Å²) < 4.78 is 4.15. The second kappa shape index (κ2) is 3.62. The van der Waals surface area contributed by atoms with Crippen molar-refractivity contribution in [3.05, 3.63) is 18.7 Å². The molecule has 0 aliphatic carbocycles. The van der Waals surface area contributed by atoms with Crippen molar-refractivity contribution in [2.45, 2.75) is 13.0 Å². The van der Waals surface area contributed by atoms with E-state index in [1.54, 1.807) is 0 Å². The molecule has 1 aromatic rings. The predicted octanol–water partition coefficient (Wildman–Crippen LogP) is 0.941. The number of alkyl halides is 1. The molecule has 0 N–H and O–H groups in total. The van der Waals surface area contributed by atoms with Crippen molar-refractivity contribution >= 4 is 11.6 Å². The number of nitrogens with zero attached hydrogens (tertiary/aromatic N) is 2. The molecule has 0 saturated heterocycles. The summed E-state index contributed by atoms with van der Waals surface area (Å²) in [4.78, 5) is 0. The van der Waals surface area contributed by atoms with Gasteiger partial charge in [-0.15, -0.1) is 11.6 Å². The van der Waals surface area contributed by atoms with Crippen LogP contribution in [0.15, 0.2) is 18.7 Å². The molecular formula is C7H12ClN2+. The molecule has 56 valence electrons. The summed E-state index contributed by atoms with van der Waals surface area (Å²) in [5.41, 5.74) is 0. The molecular weight excluding hydrogens is 148 g/mol. The zero-order valence-electron chi connectivity index (χ0n) is 6.13. The molecule has 0 atom stereocenters. The van der Waals surface area contributed by atoms with E-state index in [0.29, 0.717) is 0 Å². The summed E-state index contributed by atoms with van der Waals surface area (Å²) in [5.74, 6) is 0.738. The number of hydrogen-bond acceptors (Lipinski definition) is 0. The van der Waals surface area contributed by atoms with Crippen molar-refractivity contribution in [1.29, 1.82) is 0 Å². The summed E-state index contributed by atoms with van der Waals surface area (Å²) in [6, 6.07) is 0. The van der Waals surface area contributed by atoms with Crippen LogP contribution in [0.4, 0.5) is 0 Å². The van der Waals surface area contributed by atoms with Gasteiger partial charge in [-0.25, -0.2) is 9.13 Å². The summed E-state index contributed by atoms with van der Waals surface area (Å²) in [6.07, 6.45) is 7.16. The first-order valence-corrected chi connectivity index (χ1v) is 3.93. The van der Waals surface area contributed by atoms with E-state index in [1.807, 2.05) is 30.3 Å². The van der Waals surface area contributed by atoms with Gasteiger partial charge in [0.1, 0.15) is 12.4 Å². The summed E-state index contributed by atoms with van der Waals surface area (Å²) in [5, 5.41) is 0. The third-order valence-electron chi connectivity index (χ3n) is 1.37. The van der Waals surface area contributed by atoms with Crippen molar-refractivity contribution in [2.75, 3.05) is 5.88 Å². The zero-order chi connectivity index (χ0) is 7.40. The number of hydrogen-bond donors (Lipinski definition) is 0. The normalized spacial score (nSPS) is 10.2. The van der Waals surface area contributed by atoms with E-state index >= 15 is 0 Å². The van der Waals surface area contributed by atoms with E-state index in [1.165, 1.54) is 0 Å². The highest BCUT2D eigenvalue weighted by Crippen LogP contribution is 1.90. The lowest BCUT2D eigenvalue weighted by Crippen LogP contribution is -2.23. The van der Waals surface area contributed by atoms with Crippen LogP contribution in [0, 0.1) is 0 Å². The lowest BCUT2D eigenvalue weighted by atomic mass is 10.5. The van der Waals surface area contributed by atoms with Crippen LogP contribution in [-0.4, -0.2) is 10.4 Å². The Morgan fingerprint density at radius 3 is 2.90 bits per heavy atom. The van der Waals surface area contributed by atoms with Crippen LogP contribution in [0.25, 0.3) is 0 Å². The predicted molar refractivity (Wildman–Crippen MR) is 40.9 cm³/mol. The van der Waals surface area contributed by atoms with Gasteiger partial charge in [-0.1, -0.05) is 0 Å². The summed E-state index contributed by atoms with van der Waals surface area (Å²) >= 11 is 5.54. The maximum absolute atomic E-state index is 5.54. The minimum Gasteiger partial charge on any atom is -0.240 e. The number of halogens is 1. The van der Waals surface area contributed by atoms with Crippen LogP contribution in [0.1, 0.15) is 6.42 Å². The Morgan fingerprint density at radius 2 is 2.40 bits per heavy atom. The SMILES string of the molecule is C[n+]1ccn(CCCCl)c1. The van der Waals surface area contributed by atoms with Gasteiger partial charge >= 0.3 is 0 Å². The van der Waals surface area contributed by atoms with Crippen LogP contribution in [0.5, 0.6) is 0 Å². The minimum atomic E-state index is 0.738. The number of aryl methyl sites for hydroxylation is 2. The standard InChI is InChI=1S/C7H12ClN2/c1-9-5-6-10(7-9)4-2-3-8/h5-7H,2-4H2,1H3/q+1. The van der Waals surface area contributed by atoms with Gasteiger partial charge in [0.2, 0.25) is 6.33 Å². The smallest absolute Gasteiger partial charge is 0.240 e. The van der Waals surface area contributed by atoms with Gasteiger partial charge in [0, 0.05) is 5.88 Å².